The molecule has 0 saturated heterocycles. The van der Waals surface area contributed by atoms with Gasteiger partial charge in [-0.25, -0.2) is 9.59 Å². The summed E-state index contributed by atoms with van der Waals surface area (Å²) in [5.74, 6) is -2.56. The van der Waals surface area contributed by atoms with Gasteiger partial charge in [-0.3, -0.25) is 4.79 Å². The number of anilines is 1. The van der Waals surface area contributed by atoms with Crippen LogP contribution in [0.3, 0.4) is 0 Å². The molecular weight excluding hydrogens is 348 g/mol. The van der Waals surface area contributed by atoms with E-state index < -0.39 is 23.4 Å². The highest BCUT2D eigenvalue weighted by atomic mass is 32.1. The molecule has 1 unspecified atom stereocenters. The zero-order valence-corrected chi connectivity index (χ0v) is 15.5. The standard InChI is InChI=1S/C16H22N2O6S/c1-16(2,3)24-15(21)12(19)18-13-11(14(20)22-4)9-5-8(6-17)23-7-10(9)25-13/h8H,5-7,17H2,1-4H3,(H,18,19). The number of hydrogen-bond acceptors (Lipinski definition) is 8. The van der Waals surface area contributed by atoms with Gasteiger partial charge in [0.2, 0.25) is 0 Å². The van der Waals surface area contributed by atoms with Crippen molar-refractivity contribution in [3.63, 3.8) is 0 Å². The van der Waals surface area contributed by atoms with Gasteiger partial charge in [-0.1, -0.05) is 0 Å². The van der Waals surface area contributed by atoms with Crippen molar-refractivity contribution in [3.8, 4) is 0 Å². The monoisotopic (exact) mass is 370 g/mol. The van der Waals surface area contributed by atoms with E-state index in [-0.39, 0.29) is 23.3 Å². The minimum absolute atomic E-state index is 0.208. The molecule has 0 fully saturated rings. The summed E-state index contributed by atoms with van der Waals surface area (Å²) in [6.45, 7) is 5.58. The number of nitrogens with one attached hydrogen (secondary N) is 1. The fourth-order valence-corrected chi connectivity index (χ4v) is 3.50. The number of thiophene rings is 1. The summed E-state index contributed by atoms with van der Waals surface area (Å²) >= 11 is 1.18. The maximum Gasteiger partial charge on any atom is 0.397 e. The lowest BCUT2D eigenvalue weighted by Crippen LogP contribution is -2.32. The predicted octanol–water partition coefficient (Wildman–Crippen LogP) is 1.21. The number of hydrogen-bond donors (Lipinski definition) is 2. The molecule has 3 N–H and O–H groups in total. The van der Waals surface area contributed by atoms with Crippen molar-refractivity contribution in [1.29, 1.82) is 0 Å². The Kier molecular flexibility index (Phi) is 5.81. The van der Waals surface area contributed by atoms with Gasteiger partial charge < -0.3 is 25.3 Å². The minimum atomic E-state index is -1.02. The van der Waals surface area contributed by atoms with Crippen molar-refractivity contribution < 1.29 is 28.6 Å². The molecule has 0 aromatic carbocycles. The molecule has 0 saturated carbocycles. The first-order valence-electron chi connectivity index (χ1n) is 7.75. The van der Waals surface area contributed by atoms with E-state index in [1.165, 1.54) is 18.4 Å². The fourth-order valence-electron chi connectivity index (χ4n) is 2.36. The number of esters is 2. The molecule has 0 radical (unpaired) electrons. The average Bonchev–Trinajstić information content (AvgIpc) is 2.89. The number of carbonyl (C=O) groups excluding carboxylic acids is 3. The molecule has 8 nitrogen and oxygen atoms in total. The summed E-state index contributed by atoms with van der Waals surface area (Å²) in [7, 11) is 1.26. The first-order chi connectivity index (χ1) is 11.7. The van der Waals surface area contributed by atoms with E-state index in [2.05, 4.69) is 5.32 Å². The summed E-state index contributed by atoms with van der Waals surface area (Å²) in [6.07, 6.45) is 0.231. The minimum Gasteiger partial charge on any atom is -0.465 e. The first-order valence-corrected chi connectivity index (χ1v) is 8.56. The Morgan fingerprint density at radius 1 is 1.36 bits per heavy atom. The van der Waals surface area contributed by atoms with Gasteiger partial charge in [-0.15, -0.1) is 11.3 Å². The van der Waals surface area contributed by atoms with Crippen molar-refractivity contribution >= 4 is 34.2 Å². The molecule has 0 aliphatic carbocycles. The van der Waals surface area contributed by atoms with Crippen molar-refractivity contribution in [3.05, 3.63) is 16.0 Å². The van der Waals surface area contributed by atoms with Gasteiger partial charge in [-0.05, 0) is 26.3 Å². The Bertz CT molecular complexity index is 692. The molecule has 0 bridgehead atoms. The van der Waals surface area contributed by atoms with Gasteiger partial charge in [0.25, 0.3) is 0 Å². The highest BCUT2D eigenvalue weighted by molar-refractivity contribution is 7.17. The van der Waals surface area contributed by atoms with Crippen molar-refractivity contribution in [2.24, 2.45) is 5.73 Å². The Morgan fingerprint density at radius 3 is 2.60 bits per heavy atom. The SMILES string of the molecule is COC(=O)c1c(NC(=O)C(=O)OC(C)(C)C)sc2c1CC(CN)OC2. The van der Waals surface area contributed by atoms with E-state index in [1.54, 1.807) is 20.8 Å². The van der Waals surface area contributed by atoms with E-state index in [9.17, 15) is 14.4 Å². The van der Waals surface area contributed by atoms with Crippen LogP contribution in [0.25, 0.3) is 0 Å². The van der Waals surface area contributed by atoms with E-state index in [0.29, 0.717) is 13.0 Å². The van der Waals surface area contributed by atoms with Gasteiger partial charge in [0.15, 0.2) is 0 Å². The Morgan fingerprint density at radius 2 is 2.04 bits per heavy atom. The van der Waals surface area contributed by atoms with E-state index >= 15 is 0 Å². The second-order valence-corrected chi connectivity index (χ2v) is 7.63. The molecule has 1 atom stereocenters. The molecule has 2 heterocycles. The molecule has 2 rings (SSSR count). The number of carbonyl (C=O) groups is 3. The maximum atomic E-state index is 12.2. The van der Waals surface area contributed by atoms with Crippen LogP contribution >= 0.6 is 11.3 Å². The molecule has 1 aromatic rings. The maximum absolute atomic E-state index is 12.2. The van der Waals surface area contributed by atoms with E-state index in [0.717, 1.165) is 10.4 Å². The summed E-state index contributed by atoms with van der Waals surface area (Å²) in [5.41, 5.74) is 5.81. The van der Waals surface area contributed by atoms with Crippen LogP contribution in [-0.2, 0) is 36.8 Å². The predicted molar refractivity (Wildman–Crippen MR) is 91.5 cm³/mol. The highest BCUT2D eigenvalue weighted by Gasteiger charge is 2.32. The summed E-state index contributed by atoms with van der Waals surface area (Å²) in [4.78, 5) is 37.0. The summed E-state index contributed by atoms with van der Waals surface area (Å²) in [5, 5.41) is 2.70. The second-order valence-electron chi connectivity index (χ2n) is 6.53. The second kappa shape index (κ2) is 7.51. The number of rotatable bonds is 3. The van der Waals surface area contributed by atoms with Crippen LogP contribution in [0.1, 0.15) is 41.6 Å². The zero-order chi connectivity index (χ0) is 18.8. The molecule has 138 valence electrons. The molecule has 0 spiro atoms. The highest BCUT2D eigenvalue weighted by Crippen LogP contribution is 2.38. The van der Waals surface area contributed by atoms with Gasteiger partial charge in [0.1, 0.15) is 10.6 Å². The number of methoxy groups -OCH3 is 1. The van der Waals surface area contributed by atoms with Gasteiger partial charge in [0, 0.05) is 17.8 Å². The third-order valence-corrected chi connectivity index (χ3v) is 4.56. The van der Waals surface area contributed by atoms with Gasteiger partial charge in [0.05, 0.1) is 25.4 Å². The molecule has 1 aromatic heterocycles. The number of nitrogens with two attached hydrogens (primary N) is 1. The largest absolute Gasteiger partial charge is 0.465 e. The van der Waals surface area contributed by atoms with Crippen LogP contribution in [0.2, 0.25) is 0 Å². The summed E-state index contributed by atoms with van der Waals surface area (Å²) in [6, 6.07) is 0. The third kappa shape index (κ3) is 4.56. The zero-order valence-electron chi connectivity index (χ0n) is 14.6. The Labute approximate surface area is 149 Å². The van der Waals surface area contributed by atoms with Crippen LogP contribution in [0.4, 0.5) is 5.00 Å². The molecule has 1 amide bonds. The van der Waals surface area contributed by atoms with Crippen molar-refractivity contribution in [2.75, 3.05) is 19.0 Å². The van der Waals surface area contributed by atoms with Crippen LogP contribution in [0.5, 0.6) is 0 Å². The molecular formula is C16H22N2O6S. The molecule has 9 heteroatoms. The smallest absolute Gasteiger partial charge is 0.397 e. The van der Waals surface area contributed by atoms with Crippen molar-refractivity contribution in [1.82, 2.24) is 0 Å². The van der Waals surface area contributed by atoms with E-state index in [1.807, 2.05) is 0 Å². The lowest BCUT2D eigenvalue weighted by Gasteiger charge is -2.22. The molecule has 1 aliphatic heterocycles. The number of amides is 1. The third-order valence-electron chi connectivity index (χ3n) is 3.44. The van der Waals surface area contributed by atoms with Crippen molar-refractivity contribution in [2.45, 2.75) is 45.5 Å². The lowest BCUT2D eigenvalue weighted by molar-refractivity contribution is -0.161. The fraction of sp³-hybridized carbons (Fsp3) is 0.562. The van der Waals surface area contributed by atoms with Crippen LogP contribution < -0.4 is 11.1 Å². The lowest BCUT2D eigenvalue weighted by atomic mass is 10.0. The first kappa shape index (κ1) is 19.4. The molecule has 1 aliphatic rings. The van der Waals surface area contributed by atoms with Crippen LogP contribution in [0, 0.1) is 0 Å². The molecule has 25 heavy (non-hydrogen) atoms. The number of ether oxygens (including phenoxy) is 3. The topological polar surface area (TPSA) is 117 Å². The quantitative estimate of drug-likeness (QED) is 0.607. The number of fused-ring (bicyclic) bond motifs is 1. The van der Waals surface area contributed by atoms with Gasteiger partial charge >= 0.3 is 17.8 Å². The van der Waals surface area contributed by atoms with Gasteiger partial charge in [-0.2, -0.15) is 0 Å². The normalized spacial score (nSPS) is 16.8. The van der Waals surface area contributed by atoms with Crippen LogP contribution in [-0.4, -0.2) is 43.2 Å². The Hall–Kier alpha value is -1.97. The Balaban J connectivity index is 2.29. The van der Waals surface area contributed by atoms with Crippen LogP contribution in [0.15, 0.2) is 0 Å². The van der Waals surface area contributed by atoms with E-state index in [4.69, 9.17) is 19.9 Å². The summed E-state index contributed by atoms with van der Waals surface area (Å²) < 4.78 is 15.4. The average molecular weight is 370 g/mol.